The first kappa shape index (κ1) is 21.1. The molecule has 8 nitrogen and oxygen atoms in total. The molecule has 1 aromatic carbocycles. The Kier molecular flexibility index (Phi) is 6.36. The standard InChI is InChI=1S/C23H30N6O2/c1-3-20-17(13-25-23(30)16-7-5-6-8-19(16)24)21(27-15-9-11-31-12-10-15)18-14-26-29(4-2)22(18)28-20/h5-8,14-15H,3-4,9-13,24H2,1-2H3,(H,25,30)(H,27,28). The van der Waals surface area contributed by atoms with Crippen molar-refractivity contribution in [1.82, 2.24) is 20.1 Å². The number of carbonyl (C=O) groups is 1. The van der Waals surface area contributed by atoms with Gasteiger partial charge in [-0.25, -0.2) is 9.67 Å². The number of nitrogens with two attached hydrogens (primary N) is 1. The molecular formula is C23H30N6O2. The van der Waals surface area contributed by atoms with Crippen LogP contribution in [-0.4, -0.2) is 39.9 Å². The Morgan fingerprint density at radius 1 is 1.26 bits per heavy atom. The minimum atomic E-state index is -0.193. The van der Waals surface area contributed by atoms with Gasteiger partial charge in [-0.1, -0.05) is 19.1 Å². The number of para-hydroxylation sites is 1. The summed E-state index contributed by atoms with van der Waals surface area (Å²) in [6, 6.07) is 7.42. The van der Waals surface area contributed by atoms with Crippen molar-refractivity contribution in [2.24, 2.45) is 0 Å². The maximum absolute atomic E-state index is 12.8. The molecule has 0 aliphatic carbocycles. The topological polar surface area (TPSA) is 107 Å². The number of ether oxygens (including phenoxy) is 1. The van der Waals surface area contributed by atoms with Crippen LogP contribution in [0.5, 0.6) is 0 Å². The zero-order valence-corrected chi connectivity index (χ0v) is 18.1. The summed E-state index contributed by atoms with van der Waals surface area (Å²) in [6.45, 7) is 6.76. The number of hydrogen-bond donors (Lipinski definition) is 3. The summed E-state index contributed by atoms with van der Waals surface area (Å²) >= 11 is 0. The highest BCUT2D eigenvalue weighted by atomic mass is 16.5. The van der Waals surface area contributed by atoms with Gasteiger partial charge >= 0.3 is 0 Å². The van der Waals surface area contributed by atoms with Crippen LogP contribution in [0.25, 0.3) is 11.0 Å². The molecule has 1 aliphatic heterocycles. The van der Waals surface area contributed by atoms with Gasteiger partial charge in [-0.3, -0.25) is 4.79 Å². The van der Waals surface area contributed by atoms with Gasteiger partial charge in [0.2, 0.25) is 0 Å². The van der Waals surface area contributed by atoms with E-state index in [0.717, 1.165) is 67.0 Å². The number of hydrogen-bond acceptors (Lipinski definition) is 6. The van der Waals surface area contributed by atoms with Crippen molar-refractivity contribution in [1.29, 1.82) is 0 Å². The molecule has 0 saturated carbocycles. The first-order chi connectivity index (χ1) is 15.1. The second kappa shape index (κ2) is 9.34. The first-order valence-corrected chi connectivity index (χ1v) is 11.0. The third-order valence-corrected chi connectivity index (χ3v) is 5.81. The molecule has 2 aromatic heterocycles. The number of pyridine rings is 1. The van der Waals surface area contributed by atoms with Crippen LogP contribution in [0.15, 0.2) is 30.5 Å². The minimum absolute atomic E-state index is 0.193. The van der Waals surface area contributed by atoms with Gasteiger partial charge in [0.1, 0.15) is 0 Å². The Labute approximate surface area is 182 Å². The molecule has 0 unspecified atom stereocenters. The Balaban J connectivity index is 1.70. The van der Waals surface area contributed by atoms with Gasteiger partial charge in [0, 0.05) is 49.3 Å². The zero-order valence-electron chi connectivity index (χ0n) is 18.1. The van der Waals surface area contributed by atoms with E-state index >= 15 is 0 Å². The van der Waals surface area contributed by atoms with E-state index in [9.17, 15) is 4.79 Å². The lowest BCUT2D eigenvalue weighted by Gasteiger charge is -2.26. The minimum Gasteiger partial charge on any atom is -0.398 e. The molecule has 1 amide bonds. The number of nitrogen functional groups attached to an aromatic ring is 1. The van der Waals surface area contributed by atoms with E-state index in [1.807, 2.05) is 23.0 Å². The molecule has 31 heavy (non-hydrogen) atoms. The lowest BCUT2D eigenvalue weighted by molar-refractivity contribution is 0.0904. The van der Waals surface area contributed by atoms with E-state index in [4.69, 9.17) is 15.5 Å². The Morgan fingerprint density at radius 3 is 2.74 bits per heavy atom. The lowest BCUT2D eigenvalue weighted by atomic mass is 10.0. The van der Waals surface area contributed by atoms with Crippen molar-refractivity contribution in [3.05, 3.63) is 47.3 Å². The summed E-state index contributed by atoms with van der Waals surface area (Å²) in [5.41, 5.74) is 10.8. The average molecular weight is 423 g/mol. The Bertz CT molecular complexity index is 1070. The van der Waals surface area contributed by atoms with Crippen LogP contribution >= 0.6 is 0 Å². The monoisotopic (exact) mass is 422 g/mol. The molecule has 0 bridgehead atoms. The summed E-state index contributed by atoms with van der Waals surface area (Å²) in [4.78, 5) is 17.7. The maximum atomic E-state index is 12.8. The van der Waals surface area contributed by atoms with Crippen LogP contribution in [-0.2, 0) is 24.2 Å². The molecule has 3 aromatic rings. The number of aromatic nitrogens is 3. The number of anilines is 2. The van der Waals surface area contributed by atoms with Crippen LogP contribution in [0.2, 0.25) is 0 Å². The first-order valence-electron chi connectivity index (χ1n) is 11.0. The third kappa shape index (κ3) is 4.34. The number of fused-ring (bicyclic) bond motifs is 1. The highest BCUT2D eigenvalue weighted by molar-refractivity contribution is 5.99. The van der Waals surface area contributed by atoms with Crippen LogP contribution in [0, 0.1) is 0 Å². The molecule has 0 atom stereocenters. The predicted octanol–water partition coefficient (Wildman–Crippen LogP) is 3.12. The van der Waals surface area contributed by atoms with E-state index in [0.29, 0.717) is 23.8 Å². The van der Waals surface area contributed by atoms with E-state index in [-0.39, 0.29) is 5.91 Å². The van der Waals surface area contributed by atoms with Gasteiger partial charge in [-0.2, -0.15) is 5.10 Å². The third-order valence-electron chi connectivity index (χ3n) is 5.81. The molecule has 4 rings (SSSR count). The number of rotatable bonds is 7. The van der Waals surface area contributed by atoms with E-state index in [2.05, 4.69) is 29.6 Å². The van der Waals surface area contributed by atoms with E-state index < -0.39 is 0 Å². The number of carbonyl (C=O) groups excluding carboxylic acids is 1. The largest absolute Gasteiger partial charge is 0.398 e. The molecule has 8 heteroatoms. The normalized spacial score (nSPS) is 14.6. The lowest BCUT2D eigenvalue weighted by Crippen LogP contribution is -2.30. The van der Waals surface area contributed by atoms with Gasteiger partial charge in [0.15, 0.2) is 5.65 Å². The number of amides is 1. The molecule has 0 radical (unpaired) electrons. The smallest absolute Gasteiger partial charge is 0.253 e. The molecule has 1 aliphatic rings. The second-order valence-corrected chi connectivity index (χ2v) is 7.76. The summed E-state index contributed by atoms with van der Waals surface area (Å²) in [5.74, 6) is -0.193. The van der Waals surface area contributed by atoms with Gasteiger partial charge in [0.05, 0.1) is 22.8 Å². The number of benzene rings is 1. The van der Waals surface area contributed by atoms with Crippen LogP contribution < -0.4 is 16.4 Å². The van der Waals surface area contributed by atoms with Crippen molar-refractivity contribution in [3.8, 4) is 0 Å². The van der Waals surface area contributed by atoms with Crippen molar-refractivity contribution in [2.75, 3.05) is 24.3 Å². The van der Waals surface area contributed by atoms with Crippen LogP contribution in [0.3, 0.4) is 0 Å². The molecule has 0 spiro atoms. The molecular weight excluding hydrogens is 392 g/mol. The SMILES string of the molecule is CCc1nc2c(cnn2CC)c(NC2CCOCC2)c1CNC(=O)c1ccccc1N. The van der Waals surface area contributed by atoms with Gasteiger partial charge in [0.25, 0.3) is 5.91 Å². The van der Waals surface area contributed by atoms with Crippen molar-refractivity contribution in [3.63, 3.8) is 0 Å². The fourth-order valence-corrected chi connectivity index (χ4v) is 4.07. The van der Waals surface area contributed by atoms with Gasteiger partial charge in [-0.05, 0) is 38.3 Å². The maximum Gasteiger partial charge on any atom is 0.253 e. The van der Waals surface area contributed by atoms with E-state index in [1.54, 1.807) is 12.1 Å². The van der Waals surface area contributed by atoms with Crippen molar-refractivity contribution < 1.29 is 9.53 Å². The number of nitrogens with one attached hydrogen (secondary N) is 2. The van der Waals surface area contributed by atoms with Crippen LogP contribution in [0.4, 0.5) is 11.4 Å². The summed E-state index contributed by atoms with van der Waals surface area (Å²) < 4.78 is 7.44. The highest BCUT2D eigenvalue weighted by Crippen LogP contribution is 2.31. The second-order valence-electron chi connectivity index (χ2n) is 7.76. The number of nitrogens with zero attached hydrogens (tertiary/aromatic N) is 3. The Hall–Kier alpha value is -3.13. The van der Waals surface area contributed by atoms with Crippen molar-refractivity contribution in [2.45, 2.75) is 52.2 Å². The highest BCUT2D eigenvalue weighted by Gasteiger charge is 2.22. The molecule has 4 N–H and O–H groups in total. The van der Waals surface area contributed by atoms with Gasteiger partial charge < -0.3 is 21.1 Å². The molecule has 3 heterocycles. The summed E-state index contributed by atoms with van der Waals surface area (Å²) in [5, 5.41) is 12.3. The fourth-order valence-electron chi connectivity index (χ4n) is 4.07. The quantitative estimate of drug-likeness (QED) is 0.505. The summed E-state index contributed by atoms with van der Waals surface area (Å²) in [7, 11) is 0. The van der Waals surface area contributed by atoms with E-state index in [1.165, 1.54) is 0 Å². The molecule has 1 fully saturated rings. The predicted molar refractivity (Wildman–Crippen MR) is 122 cm³/mol. The van der Waals surface area contributed by atoms with Crippen molar-refractivity contribution >= 4 is 28.3 Å². The zero-order chi connectivity index (χ0) is 21.8. The molecule has 164 valence electrons. The summed E-state index contributed by atoms with van der Waals surface area (Å²) in [6.07, 6.45) is 4.51. The Morgan fingerprint density at radius 2 is 2.03 bits per heavy atom. The average Bonchev–Trinajstić information content (AvgIpc) is 3.21. The van der Waals surface area contributed by atoms with Gasteiger partial charge in [-0.15, -0.1) is 0 Å². The number of aryl methyl sites for hydroxylation is 2. The van der Waals surface area contributed by atoms with Crippen LogP contribution in [0.1, 0.15) is 48.3 Å². The molecule has 1 saturated heterocycles. The fraction of sp³-hybridized carbons (Fsp3) is 0.435.